The molecule has 6 nitrogen and oxygen atoms in total. The van der Waals surface area contributed by atoms with Gasteiger partial charge in [-0.1, -0.05) is 19.3 Å². The van der Waals surface area contributed by atoms with Gasteiger partial charge in [0.05, 0.1) is 10.5 Å². The van der Waals surface area contributed by atoms with E-state index in [1.807, 2.05) is 0 Å². The van der Waals surface area contributed by atoms with Gasteiger partial charge in [0.15, 0.2) is 0 Å². The van der Waals surface area contributed by atoms with E-state index < -0.39 is 21.7 Å². The second kappa shape index (κ2) is 7.92. The molecule has 1 heterocycles. The summed E-state index contributed by atoms with van der Waals surface area (Å²) >= 11 is 0. The van der Waals surface area contributed by atoms with Crippen LogP contribution >= 0.6 is 0 Å². The van der Waals surface area contributed by atoms with Gasteiger partial charge in [-0.3, -0.25) is 9.78 Å². The molecule has 0 spiro atoms. The Kier molecular flexibility index (Phi) is 5.63. The van der Waals surface area contributed by atoms with Crippen LogP contribution in [0.3, 0.4) is 0 Å². The highest BCUT2D eigenvalue weighted by molar-refractivity contribution is 7.89. The minimum atomic E-state index is -3.81. The van der Waals surface area contributed by atoms with Crippen molar-refractivity contribution in [3.05, 3.63) is 54.1 Å². The summed E-state index contributed by atoms with van der Waals surface area (Å²) in [5.41, 5.74) is 0.117. The zero-order valence-corrected chi connectivity index (χ0v) is 14.9. The second-order valence-electron chi connectivity index (χ2n) is 6.29. The number of amides is 1. The number of aromatic nitrogens is 1. The number of hydrogen-bond donors (Lipinski definition) is 2. The Labute approximate surface area is 151 Å². The monoisotopic (exact) mass is 377 g/mol. The molecular formula is C18H20FN3O3S. The van der Waals surface area contributed by atoms with Crippen LogP contribution in [0.15, 0.2) is 47.6 Å². The maximum atomic E-state index is 14.1. The molecule has 1 fully saturated rings. The van der Waals surface area contributed by atoms with E-state index in [2.05, 4.69) is 15.0 Å². The summed E-state index contributed by atoms with van der Waals surface area (Å²) in [5, 5.41) is 2.52. The Morgan fingerprint density at radius 3 is 2.46 bits per heavy atom. The standard InChI is InChI=1S/C18H20FN3O3S/c19-17-7-6-15(26(24,25)22-14-4-2-1-3-5-14)12-16(17)18(23)21-13-8-10-20-11-9-13/h6-12,14,22H,1-5H2,(H,20,21,23). The number of halogens is 1. The fraction of sp³-hybridized carbons (Fsp3) is 0.333. The number of anilines is 1. The van der Waals surface area contributed by atoms with Gasteiger partial charge in [0.2, 0.25) is 10.0 Å². The van der Waals surface area contributed by atoms with Gasteiger partial charge in [-0.05, 0) is 43.2 Å². The van der Waals surface area contributed by atoms with Crippen LogP contribution in [0.4, 0.5) is 10.1 Å². The fourth-order valence-corrected chi connectivity index (χ4v) is 4.32. The Balaban J connectivity index is 1.81. The van der Waals surface area contributed by atoms with Crippen molar-refractivity contribution in [2.75, 3.05) is 5.32 Å². The predicted molar refractivity (Wildman–Crippen MR) is 95.8 cm³/mol. The molecule has 1 aromatic heterocycles. The van der Waals surface area contributed by atoms with Crippen molar-refractivity contribution in [3.8, 4) is 0 Å². The molecule has 1 aliphatic carbocycles. The number of sulfonamides is 1. The van der Waals surface area contributed by atoms with E-state index in [-0.39, 0.29) is 16.5 Å². The zero-order valence-electron chi connectivity index (χ0n) is 14.1. The number of nitrogens with zero attached hydrogens (tertiary/aromatic N) is 1. The number of nitrogens with one attached hydrogen (secondary N) is 2. The average Bonchev–Trinajstić information content (AvgIpc) is 2.63. The second-order valence-corrected chi connectivity index (χ2v) is 8.00. The first-order valence-corrected chi connectivity index (χ1v) is 9.97. The molecule has 1 amide bonds. The minimum Gasteiger partial charge on any atom is -0.322 e. The molecule has 1 aliphatic rings. The molecule has 26 heavy (non-hydrogen) atoms. The fourth-order valence-electron chi connectivity index (χ4n) is 2.99. The van der Waals surface area contributed by atoms with Crippen LogP contribution in [0.2, 0.25) is 0 Å². The van der Waals surface area contributed by atoms with Crippen LogP contribution in [0, 0.1) is 5.82 Å². The van der Waals surface area contributed by atoms with Crippen LogP contribution in [0.5, 0.6) is 0 Å². The topological polar surface area (TPSA) is 88.2 Å². The molecule has 3 rings (SSSR count). The first kappa shape index (κ1) is 18.5. The number of benzene rings is 1. The van der Waals surface area contributed by atoms with Crippen molar-refractivity contribution < 1.29 is 17.6 Å². The van der Waals surface area contributed by atoms with Crippen LogP contribution in [0.25, 0.3) is 0 Å². The summed E-state index contributed by atoms with van der Waals surface area (Å²) in [6.07, 6.45) is 7.62. The molecule has 2 aromatic rings. The van der Waals surface area contributed by atoms with Crippen molar-refractivity contribution in [2.24, 2.45) is 0 Å². The molecule has 2 N–H and O–H groups in total. The summed E-state index contributed by atoms with van der Waals surface area (Å²) in [6.45, 7) is 0. The van der Waals surface area contributed by atoms with E-state index >= 15 is 0 Å². The molecule has 0 bridgehead atoms. The normalized spacial score (nSPS) is 15.6. The van der Waals surface area contributed by atoms with Crippen molar-refractivity contribution in [1.82, 2.24) is 9.71 Å². The lowest BCUT2D eigenvalue weighted by Gasteiger charge is -2.22. The minimum absolute atomic E-state index is 0.118. The van der Waals surface area contributed by atoms with Gasteiger partial charge in [0.25, 0.3) is 5.91 Å². The van der Waals surface area contributed by atoms with Crippen molar-refractivity contribution in [2.45, 2.75) is 43.0 Å². The Morgan fingerprint density at radius 1 is 1.08 bits per heavy atom. The predicted octanol–water partition coefficient (Wildman–Crippen LogP) is 3.08. The zero-order chi connectivity index (χ0) is 18.6. The van der Waals surface area contributed by atoms with E-state index in [9.17, 15) is 17.6 Å². The molecular weight excluding hydrogens is 357 g/mol. The Bertz CT molecular complexity index is 882. The van der Waals surface area contributed by atoms with E-state index in [0.29, 0.717) is 5.69 Å². The molecule has 1 aromatic carbocycles. The molecule has 1 saturated carbocycles. The van der Waals surface area contributed by atoms with Crippen molar-refractivity contribution in [1.29, 1.82) is 0 Å². The highest BCUT2D eigenvalue weighted by Crippen LogP contribution is 2.21. The van der Waals surface area contributed by atoms with Crippen LogP contribution in [0.1, 0.15) is 42.5 Å². The molecule has 0 unspecified atom stereocenters. The van der Waals surface area contributed by atoms with Gasteiger partial charge in [0.1, 0.15) is 5.82 Å². The molecule has 0 aliphatic heterocycles. The largest absolute Gasteiger partial charge is 0.322 e. The van der Waals surface area contributed by atoms with Crippen LogP contribution in [-0.2, 0) is 10.0 Å². The maximum Gasteiger partial charge on any atom is 0.258 e. The highest BCUT2D eigenvalue weighted by atomic mass is 32.2. The van der Waals surface area contributed by atoms with Crippen LogP contribution < -0.4 is 10.0 Å². The lowest BCUT2D eigenvalue weighted by Crippen LogP contribution is -2.36. The molecule has 0 saturated heterocycles. The number of hydrogen-bond acceptors (Lipinski definition) is 4. The average molecular weight is 377 g/mol. The summed E-state index contributed by atoms with van der Waals surface area (Å²) in [7, 11) is -3.81. The number of carbonyl (C=O) groups is 1. The summed E-state index contributed by atoms with van der Waals surface area (Å²) in [4.78, 5) is 16.0. The molecule has 138 valence electrons. The third-order valence-corrected chi connectivity index (χ3v) is 5.88. The maximum absolute atomic E-state index is 14.1. The van der Waals surface area contributed by atoms with Gasteiger partial charge in [-0.15, -0.1) is 0 Å². The van der Waals surface area contributed by atoms with Gasteiger partial charge < -0.3 is 5.32 Å². The highest BCUT2D eigenvalue weighted by Gasteiger charge is 2.24. The number of carbonyl (C=O) groups excluding carboxylic acids is 1. The number of pyridine rings is 1. The Morgan fingerprint density at radius 2 is 1.77 bits per heavy atom. The van der Waals surface area contributed by atoms with E-state index in [1.165, 1.54) is 18.5 Å². The molecule has 8 heteroatoms. The lowest BCUT2D eigenvalue weighted by atomic mass is 9.96. The number of rotatable bonds is 5. The summed E-state index contributed by atoms with van der Waals surface area (Å²) < 4.78 is 41.9. The summed E-state index contributed by atoms with van der Waals surface area (Å²) in [6, 6.07) is 6.23. The Hall–Kier alpha value is -2.32. The lowest BCUT2D eigenvalue weighted by molar-refractivity contribution is 0.102. The SMILES string of the molecule is O=C(Nc1ccncc1)c1cc(S(=O)(=O)NC2CCCCC2)ccc1F. The van der Waals surface area contributed by atoms with Crippen molar-refractivity contribution in [3.63, 3.8) is 0 Å². The quantitative estimate of drug-likeness (QED) is 0.838. The van der Waals surface area contributed by atoms with Gasteiger partial charge in [0, 0.05) is 24.1 Å². The van der Waals surface area contributed by atoms with Crippen LogP contribution in [-0.4, -0.2) is 25.4 Å². The molecule has 0 radical (unpaired) electrons. The van der Waals surface area contributed by atoms with Gasteiger partial charge in [-0.2, -0.15) is 0 Å². The smallest absolute Gasteiger partial charge is 0.258 e. The first-order chi connectivity index (χ1) is 12.5. The van der Waals surface area contributed by atoms with Crippen molar-refractivity contribution >= 4 is 21.6 Å². The van der Waals surface area contributed by atoms with E-state index in [4.69, 9.17) is 0 Å². The van der Waals surface area contributed by atoms with E-state index in [1.54, 1.807) is 12.1 Å². The third kappa shape index (κ3) is 4.44. The third-order valence-electron chi connectivity index (χ3n) is 4.36. The first-order valence-electron chi connectivity index (χ1n) is 8.49. The van der Waals surface area contributed by atoms with Gasteiger partial charge in [-0.25, -0.2) is 17.5 Å². The summed E-state index contributed by atoms with van der Waals surface area (Å²) in [5.74, 6) is -1.50. The van der Waals surface area contributed by atoms with Gasteiger partial charge >= 0.3 is 0 Å². The molecule has 0 atom stereocenters. The van der Waals surface area contributed by atoms with E-state index in [0.717, 1.165) is 44.2 Å².